The second-order valence-electron chi connectivity index (χ2n) is 6.89. The van der Waals surface area contributed by atoms with Gasteiger partial charge < -0.3 is 10.2 Å². The summed E-state index contributed by atoms with van der Waals surface area (Å²) in [6.07, 6.45) is 2.93. The van der Waals surface area contributed by atoms with Crippen LogP contribution in [0.25, 0.3) is 5.69 Å². The van der Waals surface area contributed by atoms with Crippen LogP contribution in [0.5, 0.6) is 0 Å². The molecule has 1 aromatic carbocycles. The van der Waals surface area contributed by atoms with Crippen molar-refractivity contribution in [2.24, 2.45) is 0 Å². The molecule has 1 unspecified atom stereocenters. The first-order valence-corrected chi connectivity index (χ1v) is 9.08. The number of likely N-dealkylation sites (tertiary alicyclic amines) is 1. The SMILES string of the molecule is Cc1nn(-c2ccccc2)cc1C(=O)N1CCC(N2CCNCC2)C1. The molecule has 2 aliphatic heterocycles. The van der Waals surface area contributed by atoms with Crippen LogP contribution in [0, 0.1) is 6.92 Å². The predicted molar refractivity (Wildman–Crippen MR) is 97.1 cm³/mol. The summed E-state index contributed by atoms with van der Waals surface area (Å²) in [5.74, 6) is 0.109. The van der Waals surface area contributed by atoms with Crippen LogP contribution in [0.4, 0.5) is 0 Å². The second-order valence-corrected chi connectivity index (χ2v) is 6.89. The number of aromatic nitrogens is 2. The highest BCUT2D eigenvalue weighted by molar-refractivity contribution is 5.95. The summed E-state index contributed by atoms with van der Waals surface area (Å²) in [6, 6.07) is 10.4. The molecule has 0 saturated carbocycles. The number of para-hydroxylation sites is 1. The molecule has 6 heteroatoms. The number of rotatable bonds is 3. The standard InChI is InChI=1S/C19H25N5O/c1-15-18(14-24(21-15)16-5-3-2-4-6-16)19(25)23-10-7-17(13-23)22-11-8-20-9-12-22/h2-6,14,17,20H,7-13H2,1H3. The fraction of sp³-hybridized carbons (Fsp3) is 0.474. The molecule has 0 aliphatic carbocycles. The van der Waals surface area contributed by atoms with Gasteiger partial charge in [-0.15, -0.1) is 0 Å². The summed E-state index contributed by atoms with van der Waals surface area (Å²) >= 11 is 0. The maximum absolute atomic E-state index is 13.0. The quantitative estimate of drug-likeness (QED) is 0.916. The van der Waals surface area contributed by atoms with Crippen molar-refractivity contribution in [2.45, 2.75) is 19.4 Å². The van der Waals surface area contributed by atoms with E-state index in [1.165, 1.54) is 0 Å². The van der Waals surface area contributed by atoms with Gasteiger partial charge in [-0.25, -0.2) is 4.68 Å². The molecule has 1 atom stereocenters. The first-order chi connectivity index (χ1) is 12.2. The van der Waals surface area contributed by atoms with E-state index in [1.54, 1.807) is 4.68 Å². The topological polar surface area (TPSA) is 53.4 Å². The molecular formula is C19H25N5O. The van der Waals surface area contributed by atoms with Crippen LogP contribution in [-0.2, 0) is 0 Å². The van der Waals surface area contributed by atoms with Gasteiger partial charge in [0.25, 0.3) is 5.91 Å². The summed E-state index contributed by atoms with van der Waals surface area (Å²) in [5, 5.41) is 7.92. The van der Waals surface area contributed by atoms with Gasteiger partial charge in [-0.2, -0.15) is 5.10 Å². The maximum atomic E-state index is 13.0. The summed E-state index contributed by atoms with van der Waals surface area (Å²) in [5.41, 5.74) is 2.48. The fourth-order valence-electron chi connectivity index (χ4n) is 3.82. The van der Waals surface area contributed by atoms with Gasteiger partial charge in [0.2, 0.25) is 0 Å². The highest BCUT2D eigenvalue weighted by Gasteiger charge is 2.32. The molecule has 4 rings (SSSR count). The number of piperazine rings is 1. The summed E-state index contributed by atoms with van der Waals surface area (Å²) < 4.78 is 1.80. The Balaban J connectivity index is 1.47. The number of carbonyl (C=O) groups excluding carboxylic acids is 1. The predicted octanol–water partition coefficient (Wildman–Crippen LogP) is 1.30. The summed E-state index contributed by atoms with van der Waals surface area (Å²) in [4.78, 5) is 17.5. The number of nitrogens with one attached hydrogen (secondary N) is 1. The second kappa shape index (κ2) is 6.98. The largest absolute Gasteiger partial charge is 0.337 e. The van der Waals surface area contributed by atoms with E-state index < -0.39 is 0 Å². The van der Waals surface area contributed by atoms with Gasteiger partial charge >= 0.3 is 0 Å². The zero-order chi connectivity index (χ0) is 17.2. The van der Waals surface area contributed by atoms with Crippen molar-refractivity contribution in [2.75, 3.05) is 39.3 Å². The molecule has 1 aromatic heterocycles. The van der Waals surface area contributed by atoms with Crippen molar-refractivity contribution in [3.8, 4) is 5.69 Å². The molecule has 2 fully saturated rings. The highest BCUT2D eigenvalue weighted by atomic mass is 16.2. The first-order valence-electron chi connectivity index (χ1n) is 9.08. The Kier molecular flexibility index (Phi) is 4.55. The molecule has 0 bridgehead atoms. The number of amides is 1. The third kappa shape index (κ3) is 3.32. The molecule has 3 heterocycles. The monoisotopic (exact) mass is 339 g/mol. The fourth-order valence-corrected chi connectivity index (χ4v) is 3.82. The Morgan fingerprint density at radius 3 is 2.68 bits per heavy atom. The third-order valence-electron chi connectivity index (χ3n) is 5.27. The molecule has 1 amide bonds. The number of benzene rings is 1. The molecule has 2 aliphatic rings. The van der Waals surface area contributed by atoms with Gasteiger partial charge in [-0.05, 0) is 25.5 Å². The Bertz CT molecular complexity index is 736. The van der Waals surface area contributed by atoms with Gasteiger partial charge in [-0.3, -0.25) is 9.69 Å². The van der Waals surface area contributed by atoms with Crippen molar-refractivity contribution in [1.29, 1.82) is 0 Å². The van der Waals surface area contributed by atoms with Gasteiger partial charge in [-0.1, -0.05) is 18.2 Å². The number of nitrogens with zero attached hydrogens (tertiary/aromatic N) is 4. The van der Waals surface area contributed by atoms with E-state index in [0.717, 1.165) is 57.1 Å². The van der Waals surface area contributed by atoms with Crippen LogP contribution in [-0.4, -0.2) is 70.8 Å². The summed E-state index contributed by atoms with van der Waals surface area (Å²) in [6.45, 7) is 7.84. The van der Waals surface area contributed by atoms with E-state index in [2.05, 4.69) is 15.3 Å². The van der Waals surface area contributed by atoms with E-state index in [4.69, 9.17) is 0 Å². The zero-order valence-electron chi connectivity index (χ0n) is 14.7. The minimum Gasteiger partial charge on any atom is -0.337 e. The van der Waals surface area contributed by atoms with E-state index >= 15 is 0 Å². The number of hydrogen-bond acceptors (Lipinski definition) is 4. The van der Waals surface area contributed by atoms with Crippen LogP contribution in [0.15, 0.2) is 36.5 Å². The van der Waals surface area contributed by atoms with Crippen molar-refractivity contribution >= 4 is 5.91 Å². The molecule has 0 spiro atoms. The molecule has 0 radical (unpaired) electrons. The average Bonchev–Trinajstić information content (AvgIpc) is 3.30. The van der Waals surface area contributed by atoms with E-state index in [9.17, 15) is 4.79 Å². The first kappa shape index (κ1) is 16.3. The third-order valence-corrected chi connectivity index (χ3v) is 5.27. The Morgan fingerprint density at radius 1 is 1.16 bits per heavy atom. The molecule has 25 heavy (non-hydrogen) atoms. The van der Waals surface area contributed by atoms with Crippen molar-refractivity contribution in [1.82, 2.24) is 24.9 Å². The molecule has 132 valence electrons. The van der Waals surface area contributed by atoms with Crippen molar-refractivity contribution in [3.63, 3.8) is 0 Å². The van der Waals surface area contributed by atoms with Crippen LogP contribution in [0.1, 0.15) is 22.5 Å². The normalized spacial score (nSPS) is 21.6. The number of aryl methyl sites for hydroxylation is 1. The zero-order valence-corrected chi connectivity index (χ0v) is 14.7. The Morgan fingerprint density at radius 2 is 1.92 bits per heavy atom. The Hall–Kier alpha value is -2.18. The average molecular weight is 339 g/mol. The molecule has 1 N–H and O–H groups in total. The summed E-state index contributed by atoms with van der Waals surface area (Å²) in [7, 11) is 0. The van der Waals surface area contributed by atoms with Gasteiger partial charge in [0.1, 0.15) is 0 Å². The molecule has 6 nitrogen and oxygen atoms in total. The smallest absolute Gasteiger partial charge is 0.257 e. The number of hydrogen-bond donors (Lipinski definition) is 1. The lowest BCUT2D eigenvalue weighted by atomic mass is 10.2. The van der Waals surface area contributed by atoms with Crippen LogP contribution in [0.2, 0.25) is 0 Å². The van der Waals surface area contributed by atoms with E-state index in [0.29, 0.717) is 11.6 Å². The maximum Gasteiger partial charge on any atom is 0.257 e. The number of carbonyl (C=O) groups is 1. The molecular weight excluding hydrogens is 314 g/mol. The van der Waals surface area contributed by atoms with Gasteiger partial charge in [0.15, 0.2) is 0 Å². The van der Waals surface area contributed by atoms with Gasteiger partial charge in [0.05, 0.1) is 16.9 Å². The Labute approximate surface area is 148 Å². The van der Waals surface area contributed by atoms with Crippen LogP contribution >= 0.6 is 0 Å². The minimum absolute atomic E-state index is 0.109. The van der Waals surface area contributed by atoms with E-state index in [-0.39, 0.29) is 5.91 Å². The van der Waals surface area contributed by atoms with Crippen LogP contribution in [0.3, 0.4) is 0 Å². The molecule has 2 aromatic rings. The highest BCUT2D eigenvalue weighted by Crippen LogP contribution is 2.20. The lowest BCUT2D eigenvalue weighted by Crippen LogP contribution is -2.49. The van der Waals surface area contributed by atoms with E-state index in [1.807, 2.05) is 48.4 Å². The van der Waals surface area contributed by atoms with Gasteiger partial charge in [0, 0.05) is 51.5 Å². The van der Waals surface area contributed by atoms with Crippen LogP contribution < -0.4 is 5.32 Å². The van der Waals surface area contributed by atoms with Crippen molar-refractivity contribution < 1.29 is 4.79 Å². The minimum atomic E-state index is 0.109. The lowest BCUT2D eigenvalue weighted by Gasteiger charge is -2.32. The lowest BCUT2D eigenvalue weighted by molar-refractivity contribution is 0.0773. The molecule has 2 saturated heterocycles. The van der Waals surface area contributed by atoms with Crippen molar-refractivity contribution in [3.05, 3.63) is 47.8 Å².